The molecule has 4 amide bonds. The number of amides is 4. The van der Waals surface area contributed by atoms with E-state index >= 15 is 0 Å². The zero-order valence-corrected chi connectivity index (χ0v) is 21.0. The second-order valence-electron chi connectivity index (χ2n) is 8.36. The Balaban J connectivity index is 1.56. The molecule has 0 aromatic heterocycles. The number of methoxy groups -OCH3 is 2. The summed E-state index contributed by atoms with van der Waals surface area (Å²) in [5.74, 6) is 1.12. The van der Waals surface area contributed by atoms with Crippen molar-refractivity contribution < 1.29 is 28.6 Å². The van der Waals surface area contributed by atoms with Crippen molar-refractivity contribution in [2.24, 2.45) is 0 Å². The van der Waals surface area contributed by atoms with Crippen LogP contribution in [0.3, 0.4) is 0 Å². The Kier molecular flexibility index (Phi) is 7.92. The number of anilines is 2. The molecule has 9 heteroatoms. The molecular weight excluding hydrogens is 474 g/mol. The first kappa shape index (κ1) is 25.6. The lowest BCUT2D eigenvalue weighted by Crippen LogP contribution is -2.37. The van der Waals surface area contributed by atoms with E-state index in [0.717, 1.165) is 10.5 Å². The molecule has 37 heavy (non-hydrogen) atoms. The molecule has 0 aliphatic carbocycles. The summed E-state index contributed by atoms with van der Waals surface area (Å²) in [6.07, 6.45) is -0.194. The topological polar surface area (TPSA) is 97.4 Å². The maximum absolute atomic E-state index is 13.5. The van der Waals surface area contributed by atoms with Crippen LogP contribution in [0.5, 0.6) is 17.2 Å². The molecule has 3 aromatic rings. The molecule has 3 aromatic carbocycles. The minimum Gasteiger partial charge on any atom is -0.497 e. The number of imide groups is 1. The van der Waals surface area contributed by atoms with Crippen molar-refractivity contribution in [2.75, 3.05) is 31.0 Å². The molecule has 0 saturated carbocycles. The molecule has 9 nitrogen and oxygen atoms in total. The number of benzene rings is 3. The second-order valence-corrected chi connectivity index (χ2v) is 8.36. The standard InChI is InChI=1S/C28H29N3O6/c1-4-37-24-13-7-20(8-14-24)29-26(32)17-25-27(33)31(21-9-15-23(36-3)16-10-21)28(34)30(25)18-19-5-11-22(35-2)12-6-19/h5-16,25H,4,17-18H2,1-3H3,(H,29,32)/t25-/m0/s1. The second kappa shape index (κ2) is 11.5. The Morgan fingerprint density at radius 1 is 0.838 bits per heavy atom. The minimum absolute atomic E-state index is 0.155. The van der Waals surface area contributed by atoms with Gasteiger partial charge < -0.3 is 24.4 Å². The molecule has 0 spiro atoms. The number of hydrogen-bond donors (Lipinski definition) is 1. The summed E-state index contributed by atoms with van der Waals surface area (Å²) in [7, 11) is 3.11. The lowest BCUT2D eigenvalue weighted by Gasteiger charge is -2.22. The molecule has 1 fully saturated rings. The van der Waals surface area contributed by atoms with E-state index in [9.17, 15) is 14.4 Å². The van der Waals surface area contributed by atoms with Crippen LogP contribution in [0.25, 0.3) is 0 Å². The maximum atomic E-state index is 13.5. The van der Waals surface area contributed by atoms with Crippen molar-refractivity contribution in [1.29, 1.82) is 0 Å². The van der Waals surface area contributed by atoms with E-state index in [1.807, 2.05) is 19.1 Å². The van der Waals surface area contributed by atoms with Gasteiger partial charge in [-0.15, -0.1) is 0 Å². The molecule has 0 radical (unpaired) electrons. The van der Waals surface area contributed by atoms with Crippen LogP contribution in [0.1, 0.15) is 18.9 Å². The minimum atomic E-state index is -0.973. The van der Waals surface area contributed by atoms with E-state index in [0.29, 0.717) is 35.2 Å². The molecule has 4 rings (SSSR count). The number of ether oxygens (including phenoxy) is 3. The molecule has 1 atom stereocenters. The number of rotatable bonds is 10. The van der Waals surface area contributed by atoms with Crippen molar-refractivity contribution in [3.8, 4) is 17.2 Å². The van der Waals surface area contributed by atoms with Crippen LogP contribution in [0.2, 0.25) is 0 Å². The summed E-state index contributed by atoms with van der Waals surface area (Å²) in [6, 6.07) is 19.3. The monoisotopic (exact) mass is 503 g/mol. The van der Waals surface area contributed by atoms with Gasteiger partial charge in [-0.05, 0) is 73.2 Å². The van der Waals surface area contributed by atoms with Crippen molar-refractivity contribution in [3.05, 3.63) is 78.4 Å². The van der Waals surface area contributed by atoms with E-state index in [4.69, 9.17) is 14.2 Å². The number of nitrogens with one attached hydrogen (secondary N) is 1. The fraction of sp³-hybridized carbons (Fsp3) is 0.250. The Bertz CT molecular complexity index is 1240. The molecule has 1 heterocycles. The number of hydrogen-bond acceptors (Lipinski definition) is 6. The first-order chi connectivity index (χ1) is 17.9. The highest BCUT2D eigenvalue weighted by molar-refractivity contribution is 6.22. The predicted octanol–water partition coefficient (Wildman–Crippen LogP) is 4.47. The quantitative estimate of drug-likeness (QED) is 0.410. The molecular formula is C28H29N3O6. The van der Waals surface area contributed by atoms with Gasteiger partial charge in [-0.25, -0.2) is 9.69 Å². The Labute approximate surface area is 215 Å². The summed E-state index contributed by atoms with van der Waals surface area (Å²) in [5.41, 5.74) is 1.78. The van der Waals surface area contributed by atoms with Crippen LogP contribution < -0.4 is 24.4 Å². The molecule has 1 saturated heterocycles. The Morgan fingerprint density at radius 2 is 1.41 bits per heavy atom. The molecule has 1 N–H and O–H groups in total. The number of nitrogens with zero attached hydrogens (tertiary/aromatic N) is 2. The smallest absolute Gasteiger partial charge is 0.332 e. The average Bonchev–Trinajstić information content (AvgIpc) is 3.14. The summed E-state index contributed by atoms with van der Waals surface area (Å²) in [6.45, 7) is 2.59. The molecule has 1 aliphatic rings. The van der Waals surface area contributed by atoms with Gasteiger partial charge in [0.1, 0.15) is 23.3 Å². The van der Waals surface area contributed by atoms with Gasteiger partial charge in [0, 0.05) is 12.2 Å². The number of carbonyl (C=O) groups excluding carboxylic acids is 3. The molecule has 0 unspecified atom stereocenters. The van der Waals surface area contributed by atoms with E-state index in [2.05, 4.69) is 5.32 Å². The van der Waals surface area contributed by atoms with Gasteiger partial charge in [-0.1, -0.05) is 12.1 Å². The van der Waals surface area contributed by atoms with E-state index in [1.54, 1.807) is 67.8 Å². The summed E-state index contributed by atoms with van der Waals surface area (Å²) < 4.78 is 15.8. The summed E-state index contributed by atoms with van der Waals surface area (Å²) >= 11 is 0. The van der Waals surface area contributed by atoms with Gasteiger partial charge in [-0.2, -0.15) is 0 Å². The zero-order chi connectivity index (χ0) is 26.4. The lowest BCUT2D eigenvalue weighted by atomic mass is 10.1. The van der Waals surface area contributed by atoms with Crippen LogP contribution in [0.15, 0.2) is 72.8 Å². The molecule has 192 valence electrons. The Morgan fingerprint density at radius 3 is 1.97 bits per heavy atom. The van der Waals surface area contributed by atoms with Gasteiger partial charge in [0.25, 0.3) is 5.91 Å². The van der Waals surface area contributed by atoms with E-state index in [1.165, 1.54) is 12.0 Å². The normalized spacial score (nSPS) is 15.1. The van der Waals surface area contributed by atoms with Crippen molar-refractivity contribution in [2.45, 2.75) is 25.9 Å². The largest absolute Gasteiger partial charge is 0.497 e. The summed E-state index contributed by atoms with van der Waals surface area (Å²) in [4.78, 5) is 42.5. The third kappa shape index (κ3) is 5.83. The highest BCUT2D eigenvalue weighted by atomic mass is 16.5. The third-order valence-corrected chi connectivity index (χ3v) is 5.99. The highest BCUT2D eigenvalue weighted by Crippen LogP contribution is 2.30. The third-order valence-electron chi connectivity index (χ3n) is 5.99. The van der Waals surface area contributed by atoms with E-state index in [-0.39, 0.29) is 18.9 Å². The number of carbonyl (C=O) groups is 3. The van der Waals surface area contributed by atoms with Crippen LogP contribution in [-0.2, 0) is 16.1 Å². The van der Waals surface area contributed by atoms with Crippen molar-refractivity contribution >= 4 is 29.2 Å². The first-order valence-electron chi connectivity index (χ1n) is 11.9. The average molecular weight is 504 g/mol. The van der Waals surface area contributed by atoms with Crippen molar-refractivity contribution in [3.63, 3.8) is 0 Å². The van der Waals surface area contributed by atoms with Gasteiger partial charge in [0.15, 0.2) is 0 Å². The fourth-order valence-electron chi connectivity index (χ4n) is 4.10. The van der Waals surface area contributed by atoms with Crippen LogP contribution in [0, 0.1) is 0 Å². The van der Waals surface area contributed by atoms with Crippen LogP contribution in [-0.4, -0.2) is 49.6 Å². The van der Waals surface area contributed by atoms with Crippen LogP contribution >= 0.6 is 0 Å². The van der Waals surface area contributed by atoms with Gasteiger partial charge >= 0.3 is 6.03 Å². The number of urea groups is 1. The maximum Gasteiger partial charge on any atom is 0.332 e. The molecule has 0 bridgehead atoms. The zero-order valence-electron chi connectivity index (χ0n) is 21.0. The predicted molar refractivity (Wildman–Crippen MR) is 139 cm³/mol. The van der Waals surface area contributed by atoms with Gasteiger partial charge in [-0.3, -0.25) is 9.59 Å². The van der Waals surface area contributed by atoms with E-state index < -0.39 is 18.0 Å². The van der Waals surface area contributed by atoms with Gasteiger partial charge in [0.05, 0.1) is 32.9 Å². The van der Waals surface area contributed by atoms with Gasteiger partial charge in [0.2, 0.25) is 5.91 Å². The van der Waals surface area contributed by atoms with Crippen molar-refractivity contribution in [1.82, 2.24) is 4.90 Å². The lowest BCUT2D eigenvalue weighted by molar-refractivity contribution is -0.124. The summed E-state index contributed by atoms with van der Waals surface area (Å²) in [5, 5.41) is 2.81. The SMILES string of the molecule is CCOc1ccc(NC(=O)C[C@H]2C(=O)N(c3ccc(OC)cc3)C(=O)N2Cc2ccc(OC)cc2)cc1. The highest BCUT2D eigenvalue weighted by Gasteiger charge is 2.46. The molecule has 1 aliphatic heterocycles. The van der Waals surface area contributed by atoms with Crippen LogP contribution in [0.4, 0.5) is 16.2 Å². The first-order valence-corrected chi connectivity index (χ1v) is 11.9. The fourth-order valence-corrected chi connectivity index (χ4v) is 4.10. The Hall–Kier alpha value is -4.53.